The summed E-state index contributed by atoms with van der Waals surface area (Å²) in [6.07, 6.45) is 0.843. The van der Waals surface area contributed by atoms with E-state index in [4.69, 9.17) is 9.84 Å². The molecule has 0 saturated carbocycles. The van der Waals surface area contributed by atoms with Crippen molar-refractivity contribution < 1.29 is 14.6 Å². The highest BCUT2D eigenvalue weighted by molar-refractivity contribution is 5.68. The lowest BCUT2D eigenvalue weighted by molar-refractivity contribution is -0.139. The van der Waals surface area contributed by atoms with E-state index in [1.165, 1.54) is 0 Å². The van der Waals surface area contributed by atoms with Gasteiger partial charge in [-0.2, -0.15) is 0 Å². The Morgan fingerprint density at radius 2 is 1.93 bits per heavy atom. The van der Waals surface area contributed by atoms with Gasteiger partial charge in [0, 0.05) is 0 Å². The van der Waals surface area contributed by atoms with E-state index in [1.54, 1.807) is 6.07 Å². The molecule has 1 aromatic rings. The minimum absolute atomic E-state index is 0.281. The van der Waals surface area contributed by atoms with Crippen molar-refractivity contribution in [2.24, 2.45) is 0 Å². The normalized spacial score (nSPS) is 8.73. The van der Waals surface area contributed by atoms with Crippen molar-refractivity contribution in [3.05, 3.63) is 29.8 Å². The van der Waals surface area contributed by atoms with Crippen LogP contribution in [0.25, 0.3) is 0 Å². The van der Waals surface area contributed by atoms with E-state index in [0.717, 1.165) is 12.0 Å². The van der Waals surface area contributed by atoms with Crippen LogP contribution in [-0.2, 0) is 11.2 Å². The number of carboxylic acid groups (broad SMARTS) is 1. The highest BCUT2D eigenvalue weighted by Gasteiger charge is 2.02. The number of ether oxygens (including phenoxy) is 1. The number of hydrogen-bond donors (Lipinski definition) is 1. The Balaban J connectivity index is 0.000000921. The molecule has 0 radical (unpaired) electrons. The lowest BCUT2D eigenvalue weighted by Gasteiger charge is -2.07. The number of para-hydroxylation sites is 1. The maximum atomic E-state index is 10.2. The molecular formula is C12H18O3. The van der Waals surface area contributed by atoms with Crippen molar-refractivity contribution >= 4 is 5.97 Å². The summed E-state index contributed by atoms with van der Waals surface area (Å²) in [6, 6.07) is 7.45. The summed E-state index contributed by atoms with van der Waals surface area (Å²) >= 11 is 0. The van der Waals surface area contributed by atoms with Crippen LogP contribution in [-0.4, -0.2) is 17.7 Å². The molecule has 0 unspecified atom stereocenters. The number of carbonyl (C=O) groups is 1. The van der Waals surface area contributed by atoms with Gasteiger partial charge >= 0.3 is 5.97 Å². The maximum absolute atomic E-state index is 10.2. The largest absolute Gasteiger partial charge is 0.482 e. The predicted octanol–water partition coefficient (Wildman–Crippen LogP) is 2.74. The molecule has 0 saturated heterocycles. The second-order valence-electron chi connectivity index (χ2n) is 2.64. The fraction of sp³-hybridized carbons (Fsp3) is 0.417. The number of aliphatic carboxylic acids is 1. The molecule has 0 amide bonds. The summed E-state index contributed by atoms with van der Waals surface area (Å²) in [5.41, 5.74) is 1.03. The smallest absolute Gasteiger partial charge is 0.341 e. The van der Waals surface area contributed by atoms with E-state index in [0.29, 0.717) is 5.75 Å². The SMILES string of the molecule is CC.CCc1ccccc1OCC(=O)O. The number of rotatable bonds is 4. The highest BCUT2D eigenvalue weighted by Crippen LogP contribution is 2.17. The Bertz CT molecular complexity index is 295. The Morgan fingerprint density at radius 1 is 1.33 bits per heavy atom. The maximum Gasteiger partial charge on any atom is 0.341 e. The van der Waals surface area contributed by atoms with Crippen molar-refractivity contribution in [3.63, 3.8) is 0 Å². The van der Waals surface area contributed by atoms with Crippen molar-refractivity contribution in [1.82, 2.24) is 0 Å². The molecule has 0 atom stereocenters. The van der Waals surface area contributed by atoms with Crippen LogP contribution >= 0.6 is 0 Å². The third-order valence-electron chi connectivity index (χ3n) is 1.70. The quantitative estimate of drug-likeness (QED) is 0.831. The molecule has 3 nitrogen and oxygen atoms in total. The fourth-order valence-electron chi connectivity index (χ4n) is 1.08. The Morgan fingerprint density at radius 3 is 2.47 bits per heavy atom. The molecule has 1 rings (SSSR count). The molecule has 3 heteroatoms. The van der Waals surface area contributed by atoms with Gasteiger partial charge in [-0.15, -0.1) is 0 Å². The molecule has 0 fully saturated rings. The standard InChI is InChI=1S/C10H12O3.C2H6/c1-2-8-5-3-4-6-9(8)13-7-10(11)12;1-2/h3-6H,2,7H2,1H3,(H,11,12);1-2H3. The number of carboxylic acids is 1. The first-order valence-electron chi connectivity index (χ1n) is 5.16. The summed E-state index contributed by atoms with van der Waals surface area (Å²) in [5, 5.41) is 8.41. The molecule has 1 N–H and O–H groups in total. The summed E-state index contributed by atoms with van der Waals surface area (Å²) in [5.74, 6) is -0.293. The third-order valence-corrected chi connectivity index (χ3v) is 1.70. The number of aryl methyl sites for hydroxylation is 1. The zero-order valence-corrected chi connectivity index (χ0v) is 9.49. The number of benzene rings is 1. The first-order valence-corrected chi connectivity index (χ1v) is 5.16. The van der Waals surface area contributed by atoms with Gasteiger partial charge in [0.25, 0.3) is 0 Å². The van der Waals surface area contributed by atoms with Gasteiger partial charge in [0.15, 0.2) is 6.61 Å². The highest BCUT2D eigenvalue weighted by atomic mass is 16.5. The molecule has 1 aromatic carbocycles. The van der Waals surface area contributed by atoms with Crippen LogP contribution < -0.4 is 4.74 Å². The molecule has 0 aliphatic rings. The van der Waals surface area contributed by atoms with Crippen LogP contribution in [0, 0.1) is 0 Å². The minimum atomic E-state index is -0.953. The average molecular weight is 210 g/mol. The van der Waals surface area contributed by atoms with Crippen LogP contribution in [0.5, 0.6) is 5.75 Å². The Hall–Kier alpha value is -1.51. The molecule has 0 spiro atoms. The van der Waals surface area contributed by atoms with Gasteiger partial charge in [0.05, 0.1) is 0 Å². The molecular weight excluding hydrogens is 192 g/mol. The van der Waals surface area contributed by atoms with E-state index >= 15 is 0 Å². The van der Waals surface area contributed by atoms with Gasteiger partial charge in [-0.25, -0.2) is 4.79 Å². The zero-order valence-electron chi connectivity index (χ0n) is 9.49. The lowest BCUT2D eigenvalue weighted by atomic mass is 10.1. The zero-order chi connectivity index (χ0) is 11.7. The van der Waals surface area contributed by atoms with E-state index < -0.39 is 5.97 Å². The molecule has 0 aromatic heterocycles. The molecule has 0 heterocycles. The monoisotopic (exact) mass is 210 g/mol. The minimum Gasteiger partial charge on any atom is -0.482 e. The van der Waals surface area contributed by atoms with Gasteiger partial charge in [-0.05, 0) is 18.1 Å². The Labute approximate surface area is 90.7 Å². The summed E-state index contributed by atoms with van der Waals surface area (Å²) in [6.45, 7) is 5.72. The lowest BCUT2D eigenvalue weighted by Crippen LogP contribution is -2.10. The fourth-order valence-corrected chi connectivity index (χ4v) is 1.08. The topological polar surface area (TPSA) is 46.5 Å². The van der Waals surface area contributed by atoms with Crippen molar-refractivity contribution in [1.29, 1.82) is 0 Å². The van der Waals surface area contributed by atoms with E-state index in [1.807, 2.05) is 39.0 Å². The van der Waals surface area contributed by atoms with Crippen LogP contribution in [0.2, 0.25) is 0 Å². The molecule has 0 bridgehead atoms. The van der Waals surface area contributed by atoms with E-state index in [-0.39, 0.29) is 6.61 Å². The van der Waals surface area contributed by atoms with Crippen molar-refractivity contribution in [3.8, 4) is 5.75 Å². The van der Waals surface area contributed by atoms with Gasteiger partial charge in [-0.1, -0.05) is 39.0 Å². The molecule has 0 aliphatic heterocycles. The van der Waals surface area contributed by atoms with Gasteiger partial charge < -0.3 is 9.84 Å². The molecule has 84 valence electrons. The van der Waals surface area contributed by atoms with Crippen LogP contribution in [0.1, 0.15) is 26.3 Å². The van der Waals surface area contributed by atoms with Gasteiger partial charge in [0.1, 0.15) is 5.75 Å². The van der Waals surface area contributed by atoms with Gasteiger partial charge in [0.2, 0.25) is 0 Å². The van der Waals surface area contributed by atoms with E-state index in [2.05, 4.69) is 0 Å². The molecule has 0 aliphatic carbocycles. The predicted molar refractivity (Wildman–Crippen MR) is 60.3 cm³/mol. The van der Waals surface area contributed by atoms with Crippen LogP contribution in [0.3, 0.4) is 0 Å². The Kier molecular flexibility index (Phi) is 7.06. The third kappa shape index (κ3) is 5.05. The van der Waals surface area contributed by atoms with Crippen molar-refractivity contribution in [2.45, 2.75) is 27.2 Å². The van der Waals surface area contributed by atoms with Gasteiger partial charge in [-0.3, -0.25) is 0 Å². The first kappa shape index (κ1) is 13.5. The van der Waals surface area contributed by atoms with Crippen molar-refractivity contribution in [2.75, 3.05) is 6.61 Å². The second-order valence-corrected chi connectivity index (χ2v) is 2.64. The summed E-state index contributed by atoms with van der Waals surface area (Å²) < 4.78 is 5.09. The van der Waals surface area contributed by atoms with Crippen LogP contribution in [0.15, 0.2) is 24.3 Å². The first-order chi connectivity index (χ1) is 7.24. The van der Waals surface area contributed by atoms with Crippen LogP contribution in [0.4, 0.5) is 0 Å². The summed E-state index contributed by atoms with van der Waals surface area (Å²) in [4.78, 5) is 10.2. The second kappa shape index (κ2) is 7.85. The molecule has 15 heavy (non-hydrogen) atoms. The average Bonchev–Trinajstić information content (AvgIpc) is 2.29. The van der Waals surface area contributed by atoms with E-state index in [9.17, 15) is 4.79 Å². The number of hydrogen-bond acceptors (Lipinski definition) is 2. The summed E-state index contributed by atoms with van der Waals surface area (Å²) in [7, 11) is 0.